The molecule has 4 heterocycles. The van der Waals surface area contributed by atoms with Crippen molar-refractivity contribution in [2.75, 3.05) is 18.8 Å². The van der Waals surface area contributed by atoms with E-state index < -0.39 is 0 Å². The number of nitrogens with two attached hydrogens (primary N) is 1. The van der Waals surface area contributed by atoms with Gasteiger partial charge in [0, 0.05) is 55.4 Å². The number of piperidine rings is 1. The molecule has 0 aromatic carbocycles. The lowest BCUT2D eigenvalue weighted by atomic mass is 9.81. The van der Waals surface area contributed by atoms with E-state index in [1.165, 1.54) is 38.4 Å². The van der Waals surface area contributed by atoms with E-state index in [1.54, 1.807) is 12.1 Å². The zero-order chi connectivity index (χ0) is 20.7. The monoisotopic (exact) mass is 407 g/mol. The lowest BCUT2D eigenvalue weighted by Crippen LogP contribution is -2.49. The van der Waals surface area contributed by atoms with Gasteiger partial charge in [-0.05, 0) is 37.2 Å². The standard InChI is InChI=1S/C23H29N5O2/c24-21-10-19(25-14-26-21)17-8-20-18-6-16(12-28(20)23(30)9-17)11-27(13-18)22(29)7-15-4-2-1-3-5-15/h8-10,14-16,18H,1-7,11-13H2,(H2,24,25,26)/t16-,18+/m0/s1. The second-order valence-electron chi connectivity index (χ2n) is 9.25. The Bertz CT molecular complexity index is 1010. The van der Waals surface area contributed by atoms with Gasteiger partial charge < -0.3 is 15.2 Å². The number of aromatic nitrogens is 3. The van der Waals surface area contributed by atoms with Crippen LogP contribution in [0.2, 0.25) is 0 Å². The third-order valence-corrected chi connectivity index (χ3v) is 7.08. The topological polar surface area (TPSA) is 94.1 Å². The quantitative estimate of drug-likeness (QED) is 0.844. The van der Waals surface area contributed by atoms with Gasteiger partial charge >= 0.3 is 0 Å². The molecule has 7 heteroatoms. The first-order valence-electron chi connectivity index (χ1n) is 11.2. The number of nitrogen functional groups attached to an aromatic ring is 1. The van der Waals surface area contributed by atoms with E-state index in [9.17, 15) is 9.59 Å². The van der Waals surface area contributed by atoms with Gasteiger partial charge in [0.15, 0.2) is 0 Å². The maximum atomic E-state index is 13.0. The molecule has 1 saturated heterocycles. The van der Waals surface area contributed by atoms with Gasteiger partial charge in [0.2, 0.25) is 5.91 Å². The number of hydrogen-bond donors (Lipinski definition) is 1. The lowest BCUT2D eigenvalue weighted by Gasteiger charge is -2.43. The molecular weight excluding hydrogens is 378 g/mol. The first-order chi connectivity index (χ1) is 14.6. The van der Waals surface area contributed by atoms with E-state index >= 15 is 0 Å². The van der Waals surface area contributed by atoms with Gasteiger partial charge in [0.1, 0.15) is 12.1 Å². The van der Waals surface area contributed by atoms with Crippen LogP contribution in [0.15, 0.2) is 29.3 Å². The number of pyridine rings is 1. The maximum absolute atomic E-state index is 13.0. The van der Waals surface area contributed by atoms with Crippen molar-refractivity contribution in [1.29, 1.82) is 0 Å². The Balaban J connectivity index is 1.39. The summed E-state index contributed by atoms with van der Waals surface area (Å²) in [5.74, 6) is 1.78. The van der Waals surface area contributed by atoms with Gasteiger partial charge in [0.05, 0.1) is 5.69 Å². The molecule has 1 amide bonds. The van der Waals surface area contributed by atoms with Crippen LogP contribution in [0.3, 0.4) is 0 Å². The molecular formula is C23H29N5O2. The normalized spacial score (nSPS) is 23.8. The van der Waals surface area contributed by atoms with Crippen molar-refractivity contribution < 1.29 is 4.79 Å². The fourth-order valence-corrected chi connectivity index (χ4v) is 5.61. The number of carbonyl (C=O) groups is 1. The number of nitrogens with zero attached hydrogens (tertiary/aromatic N) is 4. The molecule has 7 nitrogen and oxygen atoms in total. The minimum atomic E-state index is -0.00336. The highest BCUT2D eigenvalue weighted by atomic mass is 16.2. The molecule has 0 unspecified atom stereocenters. The van der Waals surface area contributed by atoms with Crippen LogP contribution in [0.5, 0.6) is 0 Å². The Morgan fingerprint density at radius 2 is 1.90 bits per heavy atom. The van der Waals surface area contributed by atoms with Crippen molar-refractivity contribution >= 4 is 11.7 Å². The van der Waals surface area contributed by atoms with Crippen LogP contribution in [-0.2, 0) is 11.3 Å². The molecule has 2 aromatic rings. The van der Waals surface area contributed by atoms with Crippen LogP contribution in [-0.4, -0.2) is 38.4 Å². The zero-order valence-electron chi connectivity index (χ0n) is 17.3. The molecule has 2 aliphatic heterocycles. The van der Waals surface area contributed by atoms with E-state index in [0.717, 1.165) is 24.2 Å². The van der Waals surface area contributed by atoms with Crippen molar-refractivity contribution in [3.63, 3.8) is 0 Å². The van der Waals surface area contributed by atoms with Crippen molar-refractivity contribution in [3.05, 3.63) is 40.6 Å². The summed E-state index contributed by atoms with van der Waals surface area (Å²) < 4.78 is 1.90. The zero-order valence-corrected chi connectivity index (χ0v) is 17.3. The van der Waals surface area contributed by atoms with Gasteiger partial charge in [-0.2, -0.15) is 0 Å². The number of carbonyl (C=O) groups excluding carboxylic acids is 1. The highest BCUT2D eigenvalue weighted by Gasteiger charge is 2.37. The van der Waals surface area contributed by atoms with Crippen LogP contribution >= 0.6 is 0 Å². The summed E-state index contributed by atoms with van der Waals surface area (Å²) in [6.45, 7) is 2.17. The van der Waals surface area contributed by atoms with Crippen molar-refractivity contribution in [1.82, 2.24) is 19.4 Å². The number of amides is 1. The fraction of sp³-hybridized carbons (Fsp3) is 0.565. The minimum absolute atomic E-state index is 0.00336. The predicted molar refractivity (Wildman–Crippen MR) is 115 cm³/mol. The van der Waals surface area contributed by atoms with Crippen LogP contribution in [0.25, 0.3) is 11.3 Å². The molecule has 0 radical (unpaired) electrons. The second kappa shape index (κ2) is 7.85. The molecule has 2 bridgehead atoms. The van der Waals surface area contributed by atoms with Crippen molar-refractivity contribution in [2.45, 2.75) is 57.4 Å². The van der Waals surface area contributed by atoms with E-state index in [1.807, 2.05) is 4.57 Å². The molecule has 2 fully saturated rings. The summed E-state index contributed by atoms with van der Waals surface area (Å²) in [6, 6.07) is 5.38. The number of anilines is 1. The molecule has 5 rings (SSSR count). The molecule has 2 atom stereocenters. The Morgan fingerprint density at radius 1 is 1.07 bits per heavy atom. The predicted octanol–water partition coefficient (Wildman–Crippen LogP) is 2.80. The highest BCUT2D eigenvalue weighted by Crippen LogP contribution is 2.37. The van der Waals surface area contributed by atoms with Gasteiger partial charge in [-0.3, -0.25) is 9.59 Å². The third-order valence-electron chi connectivity index (χ3n) is 7.08. The first-order valence-corrected chi connectivity index (χ1v) is 11.2. The minimum Gasteiger partial charge on any atom is -0.384 e. The highest BCUT2D eigenvalue weighted by molar-refractivity contribution is 5.76. The van der Waals surface area contributed by atoms with Crippen LogP contribution < -0.4 is 11.3 Å². The molecule has 1 aliphatic carbocycles. The molecule has 2 aromatic heterocycles. The SMILES string of the molecule is Nc1cc(-c2cc3n(c(=O)c2)C[C@H]2C[C@@H]3CN(C(=O)CC3CCCCC3)C2)ncn1. The van der Waals surface area contributed by atoms with Gasteiger partial charge in [-0.25, -0.2) is 9.97 Å². The Morgan fingerprint density at radius 3 is 2.70 bits per heavy atom. The van der Waals surface area contributed by atoms with E-state index in [0.29, 0.717) is 48.8 Å². The second-order valence-corrected chi connectivity index (χ2v) is 9.25. The molecule has 2 N–H and O–H groups in total. The van der Waals surface area contributed by atoms with Crippen molar-refractivity contribution in [2.24, 2.45) is 11.8 Å². The van der Waals surface area contributed by atoms with Crippen molar-refractivity contribution in [3.8, 4) is 11.3 Å². The smallest absolute Gasteiger partial charge is 0.251 e. The molecule has 158 valence electrons. The number of fused-ring (bicyclic) bond motifs is 4. The summed E-state index contributed by atoms with van der Waals surface area (Å²) in [5, 5.41) is 0. The Kier molecular flexibility index (Phi) is 5.05. The van der Waals surface area contributed by atoms with Crippen LogP contribution in [0.1, 0.15) is 56.6 Å². The van der Waals surface area contributed by atoms with E-state index in [-0.39, 0.29) is 11.5 Å². The van der Waals surface area contributed by atoms with Gasteiger partial charge in [-0.1, -0.05) is 19.3 Å². The van der Waals surface area contributed by atoms with Gasteiger partial charge in [0.25, 0.3) is 5.56 Å². The fourth-order valence-electron chi connectivity index (χ4n) is 5.61. The van der Waals surface area contributed by atoms with E-state index in [2.05, 4.69) is 20.9 Å². The number of rotatable bonds is 3. The number of hydrogen-bond acceptors (Lipinski definition) is 5. The molecule has 30 heavy (non-hydrogen) atoms. The summed E-state index contributed by atoms with van der Waals surface area (Å²) in [7, 11) is 0. The largest absolute Gasteiger partial charge is 0.384 e. The number of likely N-dealkylation sites (tertiary alicyclic amines) is 1. The Hall–Kier alpha value is -2.70. The van der Waals surface area contributed by atoms with Gasteiger partial charge in [-0.15, -0.1) is 0 Å². The third kappa shape index (κ3) is 3.73. The van der Waals surface area contributed by atoms with Crippen LogP contribution in [0, 0.1) is 11.8 Å². The maximum Gasteiger partial charge on any atom is 0.251 e. The Labute approximate surface area is 176 Å². The van der Waals surface area contributed by atoms with E-state index in [4.69, 9.17) is 5.73 Å². The summed E-state index contributed by atoms with van der Waals surface area (Å²) in [6.07, 6.45) is 9.35. The molecule has 3 aliphatic rings. The van der Waals surface area contributed by atoms with Crippen LogP contribution in [0.4, 0.5) is 5.82 Å². The summed E-state index contributed by atoms with van der Waals surface area (Å²) >= 11 is 0. The lowest BCUT2D eigenvalue weighted by molar-refractivity contribution is -0.135. The molecule has 1 saturated carbocycles. The summed E-state index contributed by atoms with van der Waals surface area (Å²) in [4.78, 5) is 36.2. The average molecular weight is 408 g/mol. The average Bonchev–Trinajstić information content (AvgIpc) is 2.75. The molecule has 0 spiro atoms. The first kappa shape index (κ1) is 19.3. The summed E-state index contributed by atoms with van der Waals surface area (Å²) in [5.41, 5.74) is 8.24.